The summed E-state index contributed by atoms with van der Waals surface area (Å²) in [5.74, 6) is 0. The first-order valence-electron chi connectivity index (χ1n) is 8.31. The van der Waals surface area contributed by atoms with Gasteiger partial charge in [-0.25, -0.2) is 0 Å². The molecule has 2 unspecified atom stereocenters. The van der Waals surface area contributed by atoms with Gasteiger partial charge in [0.2, 0.25) is 0 Å². The quantitative estimate of drug-likeness (QED) is 0.873. The second-order valence-electron chi connectivity index (χ2n) is 6.30. The van der Waals surface area contributed by atoms with Crippen molar-refractivity contribution in [1.82, 2.24) is 9.80 Å². The highest BCUT2D eigenvalue weighted by Crippen LogP contribution is 2.21. The molecule has 118 valence electrons. The van der Waals surface area contributed by atoms with Crippen LogP contribution in [0.25, 0.3) is 0 Å². The minimum Gasteiger partial charge on any atom is -0.388 e. The molecule has 21 heavy (non-hydrogen) atoms. The predicted octanol–water partition coefficient (Wildman–Crippen LogP) is 2.83. The number of hydrogen-bond acceptors (Lipinski definition) is 3. The molecule has 0 saturated carbocycles. The molecule has 3 nitrogen and oxygen atoms in total. The van der Waals surface area contributed by atoms with Crippen LogP contribution in [0.2, 0.25) is 0 Å². The molecule has 0 bridgehead atoms. The van der Waals surface area contributed by atoms with Gasteiger partial charge in [0.05, 0.1) is 6.10 Å². The van der Waals surface area contributed by atoms with E-state index in [0.717, 1.165) is 44.7 Å². The Labute approximate surface area is 129 Å². The summed E-state index contributed by atoms with van der Waals surface area (Å²) in [6.07, 6.45) is 1.72. The van der Waals surface area contributed by atoms with Gasteiger partial charge in [0.1, 0.15) is 0 Å². The molecule has 1 aliphatic heterocycles. The van der Waals surface area contributed by atoms with Crippen molar-refractivity contribution >= 4 is 0 Å². The van der Waals surface area contributed by atoms with E-state index >= 15 is 0 Å². The molecule has 0 amide bonds. The lowest BCUT2D eigenvalue weighted by atomic mass is 10.0. The van der Waals surface area contributed by atoms with Crippen LogP contribution < -0.4 is 0 Å². The minimum absolute atomic E-state index is 0.334. The standard InChI is InChI=1S/C18H30N2O/c1-4-16(3)20-13-11-19(12-14-20)10-9-18(21)17-8-6-5-7-15(17)2/h5-8,16,18,21H,4,9-14H2,1-3H3. The van der Waals surface area contributed by atoms with Gasteiger partial charge in [-0.1, -0.05) is 31.2 Å². The molecule has 1 heterocycles. The number of piperazine rings is 1. The maximum Gasteiger partial charge on any atom is 0.0804 e. The van der Waals surface area contributed by atoms with Crippen molar-refractivity contribution in [3.05, 3.63) is 35.4 Å². The van der Waals surface area contributed by atoms with Crippen molar-refractivity contribution in [2.75, 3.05) is 32.7 Å². The molecule has 1 aromatic carbocycles. The van der Waals surface area contributed by atoms with Crippen LogP contribution in [0.5, 0.6) is 0 Å². The Balaban J connectivity index is 1.76. The lowest BCUT2D eigenvalue weighted by Crippen LogP contribution is -2.49. The van der Waals surface area contributed by atoms with E-state index in [1.165, 1.54) is 12.0 Å². The van der Waals surface area contributed by atoms with Gasteiger partial charge in [0, 0.05) is 38.8 Å². The van der Waals surface area contributed by atoms with Crippen LogP contribution in [0.1, 0.15) is 43.9 Å². The van der Waals surface area contributed by atoms with Gasteiger partial charge in [-0.15, -0.1) is 0 Å². The van der Waals surface area contributed by atoms with Crippen LogP contribution in [-0.4, -0.2) is 53.7 Å². The summed E-state index contributed by atoms with van der Waals surface area (Å²) in [7, 11) is 0. The normalized spacial score (nSPS) is 20.4. The van der Waals surface area contributed by atoms with Crippen molar-refractivity contribution in [1.29, 1.82) is 0 Å². The molecule has 2 rings (SSSR count). The van der Waals surface area contributed by atoms with Crippen molar-refractivity contribution < 1.29 is 5.11 Å². The third kappa shape index (κ3) is 4.53. The number of hydrogen-bond donors (Lipinski definition) is 1. The molecule has 1 aromatic rings. The number of aryl methyl sites for hydroxylation is 1. The van der Waals surface area contributed by atoms with E-state index in [-0.39, 0.29) is 6.10 Å². The second-order valence-corrected chi connectivity index (χ2v) is 6.30. The molecule has 0 aromatic heterocycles. The molecule has 1 saturated heterocycles. The van der Waals surface area contributed by atoms with Gasteiger partial charge < -0.3 is 10.0 Å². The number of rotatable bonds is 6. The molecular weight excluding hydrogens is 260 g/mol. The fraction of sp³-hybridized carbons (Fsp3) is 0.667. The summed E-state index contributed by atoms with van der Waals surface area (Å²) < 4.78 is 0. The molecule has 1 N–H and O–H groups in total. The smallest absolute Gasteiger partial charge is 0.0804 e. The number of nitrogens with zero attached hydrogens (tertiary/aromatic N) is 2. The summed E-state index contributed by atoms with van der Waals surface area (Å²) in [6, 6.07) is 8.85. The van der Waals surface area contributed by atoms with Crippen LogP contribution in [0.3, 0.4) is 0 Å². The first-order chi connectivity index (χ1) is 10.1. The highest BCUT2D eigenvalue weighted by atomic mass is 16.3. The molecule has 3 heteroatoms. The van der Waals surface area contributed by atoms with E-state index in [2.05, 4.69) is 36.6 Å². The first kappa shape index (κ1) is 16.5. The zero-order valence-corrected chi connectivity index (χ0v) is 13.8. The Morgan fingerprint density at radius 3 is 2.43 bits per heavy atom. The number of benzene rings is 1. The van der Waals surface area contributed by atoms with E-state index in [1.807, 2.05) is 18.2 Å². The van der Waals surface area contributed by atoms with Crippen LogP contribution in [-0.2, 0) is 0 Å². The van der Waals surface area contributed by atoms with E-state index in [1.54, 1.807) is 0 Å². The van der Waals surface area contributed by atoms with Gasteiger partial charge in [0.15, 0.2) is 0 Å². The summed E-state index contributed by atoms with van der Waals surface area (Å²) in [6.45, 7) is 12.2. The SMILES string of the molecule is CCC(C)N1CCN(CCC(O)c2ccccc2C)CC1. The Kier molecular flexibility index (Phi) is 6.22. The van der Waals surface area contributed by atoms with Crippen molar-refractivity contribution in [2.24, 2.45) is 0 Å². The Hall–Kier alpha value is -0.900. The zero-order valence-electron chi connectivity index (χ0n) is 13.8. The maximum absolute atomic E-state index is 10.4. The summed E-state index contributed by atoms with van der Waals surface area (Å²) in [4.78, 5) is 5.06. The van der Waals surface area contributed by atoms with Gasteiger partial charge in [-0.2, -0.15) is 0 Å². The van der Waals surface area contributed by atoms with Crippen LogP contribution in [0.15, 0.2) is 24.3 Å². The lowest BCUT2D eigenvalue weighted by Gasteiger charge is -2.38. The van der Waals surface area contributed by atoms with Gasteiger partial charge in [-0.05, 0) is 37.8 Å². The second kappa shape index (κ2) is 7.92. The van der Waals surface area contributed by atoms with Gasteiger partial charge in [0.25, 0.3) is 0 Å². The van der Waals surface area contributed by atoms with Gasteiger partial charge in [-0.3, -0.25) is 4.90 Å². The topological polar surface area (TPSA) is 26.7 Å². The van der Waals surface area contributed by atoms with E-state index in [0.29, 0.717) is 6.04 Å². The predicted molar refractivity (Wildman–Crippen MR) is 88.5 cm³/mol. The Morgan fingerprint density at radius 2 is 1.81 bits per heavy atom. The van der Waals surface area contributed by atoms with E-state index in [4.69, 9.17) is 0 Å². The molecule has 0 aliphatic carbocycles. The first-order valence-corrected chi connectivity index (χ1v) is 8.31. The average molecular weight is 290 g/mol. The Morgan fingerprint density at radius 1 is 1.14 bits per heavy atom. The molecule has 0 spiro atoms. The highest BCUT2D eigenvalue weighted by molar-refractivity contribution is 5.27. The van der Waals surface area contributed by atoms with Crippen LogP contribution in [0.4, 0.5) is 0 Å². The van der Waals surface area contributed by atoms with Crippen molar-refractivity contribution in [3.63, 3.8) is 0 Å². The zero-order chi connectivity index (χ0) is 15.2. The Bertz CT molecular complexity index is 427. The third-order valence-electron chi connectivity index (χ3n) is 4.89. The number of aliphatic hydroxyl groups is 1. The third-order valence-corrected chi connectivity index (χ3v) is 4.89. The largest absolute Gasteiger partial charge is 0.388 e. The average Bonchev–Trinajstić information content (AvgIpc) is 2.52. The fourth-order valence-electron chi connectivity index (χ4n) is 3.11. The summed E-state index contributed by atoms with van der Waals surface area (Å²) in [5.41, 5.74) is 2.27. The van der Waals surface area contributed by atoms with Crippen LogP contribution in [0, 0.1) is 6.92 Å². The molecule has 0 radical (unpaired) electrons. The summed E-state index contributed by atoms with van der Waals surface area (Å²) in [5, 5.41) is 10.4. The van der Waals surface area contributed by atoms with E-state index < -0.39 is 0 Å². The van der Waals surface area contributed by atoms with Crippen LogP contribution >= 0.6 is 0 Å². The fourth-order valence-corrected chi connectivity index (χ4v) is 3.11. The van der Waals surface area contributed by atoms with Gasteiger partial charge >= 0.3 is 0 Å². The van der Waals surface area contributed by atoms with E-state index in [9.17, 15) is 5.11 Å². The highest BCUT2D eigenvalue weighted by Gasteiger charge is 2.20. The number of aliphatic hydroxyl groups excluding tert-OH is 1. The monoisotopic (exact) mass is 290 g/mol. The lowest BCUT2D eigenvalue weighted by molar-refractivity contribution is 0.0829. The molecule has 2 atom stereocenters. The molecule has 1 fully saturated rings. The maximum atomic E-state index is 10.4. The summed E-state index contributed by atoms with van der Waals surface area (Å²) >= 11 is 0. The molecular formula is C18H30N2O. The minimum atomic E-state index is -0.334. The van der Waals surface area contributed by atoms with Crippen molar-refractivity contribution in [3.8, 4) is 0 Å². The molecule has 1 aliphatic rings. The van der Waals surface area contributed by atoms with Crippen molar-refractivity contribution in [2.45, 2.75) is 45.8 Å².